The van der Waals surface area contributed by atoms with Crippen molar-refractivity contribution < 1.29 is 0 Å². The third kappa shape index (κ3) is 5.37. The standard InChI is InChI=1S/C11H15N/c1-5-10(3)8-7-9-11(4)12-6-2/h1,7-9,12H,3,6H2,2,4H3/b8-7-,11-9-. The number of allylic oxidation sites excluding steroid dienone is 5. The lowest BCUT2D eigenvalue weighted by Crippen LogP contribution is -2.08. The zero-order chi connectivity index (χ0) is 9.40. The number of terminal acetylenes is 1. The fourth-order valence-corrected chi connectivity index (χ4v) is 0.694. The zero-order valence-corrected chi connectivity index (χ0v) is 7.72. The Bertz CT molecular complexity index is 238. The molecule has 0 unspecified atom stereocenters. The molecule has 64 valence electrons. The summed E-state index contributed by atoms with van der Waals surface area (Å²) in [5, 5.41) is 3.17. The van der Waals surface area contributed by atoms with Gasteiger partial charge in [0.25, 0.3) is 0 Å². The minimum Gasteiger partial charge on any atom is -0.389 e. The van der Waals surface area contributed by atoms with E-state index in [-0.39, 0.29) is 0 Å². The van der Waals surface area contributed by atoms with Crippen LogP contribution in [0, 0.1) is 12.3 Å². The molecule has 0 saturated carbocycles. The highest BCUT2D eigenvalue weighted by Gasteiger charge is 1.80. The molecule has 1 N–H and O–H groups in total. The molecule has 0 aromatic heterocycles. The van der Waals surface area contributed by atoms with Crippen LogP contribution in [0.1, 0.15) is 13.8 Å². The number of nitrogens with one attached hydrogen (secondary N) is 1. The fourth-order valence-electron chi connectivity index (χ4n) is 0.694. The summed E-state index contributed by atoms with van der Waals surface area (Å²) in [6, 6.07) is 0. The molecule has 1 heteroatoms. The van der Waals surface area contributed by atoms with Crippen LogP contribution in [0.5, 0.6) is 0 Å². The molecule has 0 aliphatic heterocycles. The average molecular weight is 161 g/mol. The van der Waals surface area contributed by atoms with Gasteiger partial charge in [-0.1, -0.05) is 18.6 Å². The van der Waals surface area contributed by atoms with Gasteiger partial charge in [0.05, 0.1) is 0 Å². The third-order valence-corrected chi connectivity index (χ3v) is 1.28. The highest BCUT2D eigenvalue weighted by molar-refractivity contribution is 5.34. The molecule has 0 aliphatic rings. The lowest BCUT2D eigenvalue weighted by Gasteiger charge is -1.98. The first-order valence-corrected chi connectivity index (χ1v) is 3.95. The first-order chi connectivity index (χ1) is 5.70. The third-order valence-electron chi connectivity index (χ3n) is 1.28. The first kappa shape index (κ1) is 10.6. The van der Waals surface area contributed by atoms with Gasteiger partial charge in [-0.3, -0.25) is 0 Å². The van der Waals surface area contributed by atoms with Crippen LogP contribution in [0.3, 0.4) is 0 Å². The summed E-state index contributed by atoms with van der Waals surface area (Å²) in [4.78, 5) is 0. The van der Waals surface area contributed by atoms with E-state index in [9.17, 15) is 0 Å². The number of rotatable bonds is 4. The Labute approximate surface area is 74.9 Å². The second-order valence-electron chi connectivity index (χ2n) is 2.41. The van der Waals surface area contributed by atoms with E-state index in [2.05, 4.69) is 24.7 Å². The van der Waals surface area contributed by atoms with Crippen LogP contribution < -0.4 is 5.32 Å². The molecule has 0 atom stereocenters. The Hall–Kier alpha value is -1.42. The molecule has 0 heterocycles. The van der Waals surface area contributed by atoms with Gasteiger partial charge in [0.15, 0.2) is 0 Å². The molecular weight excluding hydrogens is 146 g/mol. The number of hydrogen-bond acceptors (Lipinski definition) is 1. The minimum atomic E-state index is 0.690. The SMILES string of the molecule is C#CC(=C)/C=C\C=C(\C)NCC. The summed E-state index contributed by atoms with van der Waals surface area (Å²) in [6.45, 7) is 8.64. The van der Waals surface area contributed by atoms with Crippen molar-refractivity contribution in [3.8, 4) is 12.3 Å². The quantitative estimate of drug-likeness (QED) is 0.492. The molecule has 1 nitrogen and oxygen atoms in total. The van der Waals surface area contributed by atoms with Gasteiger partial charge in [-0.2, -0.15) is 0 Å². The summed E-state index contributed by atoms with van der Waals surface area (Å²) >= 11 is 0. The van der Waals surface area contributed by atoms with Gasteiger partial charge < -0.3 is 5.32 Å². The second kappa shape index (κ2) is 6.30. The van der Waals surface area contributed by atoms with Crippen LogP contribution in [-0.4, -0.2) is 6.54 Å². The predicted octanol–water partition coefficient (Wildman–Crippen LogP) is 2.25. The van der Waals surface area contributed by atoms with Gasteiger partial charge in [-0.15, -0.1) is 6.42 Å². The van der Waals surface area contributed by atoms with E-state index in [0.717, 1.165) is 12.2 Å². The van der Waals surface area contributed by atoms with E-state index in [0.29, 0.717) is 5.57 Å². The molecule has 0 bridgehead atoms. The van der Waals surface area contributed by atoms with E-state index in [4.69, 9.17) is 6.42 Å². The van der Waals surface area contributed by atoms with E-state index in [1.165, 1.54) is 0 Å². The zero-order valence-electron chi connectivity index (χ0n) is 7.72. The van der Waals surface area contributed by atoms with Crippen LogP contribution in [0.15, 0.2) is 36.1 Å². The maximum Gasteiger partial charge on any atom is 0.0170 e. The summed E-state index contributed by atoms with van der Waals surface area (Å²) in [5.74, 6) is 2.44. The highest BCUT2D eigenvalue weighted by atomic mass is 14.8. The Kier molecular flexibility index (Phi) is 5.55. The normalized spacial score (nSPS) is 11.2. The molecule has 12 heavy (non-hydrogen) atoms. The van der Waals surface area contributed by atoms with E-state index in [1.54, 1.807) is 6.08 Å². The predicted molar refractivity (Wildman–Crippen MR) is 54.5 cm³/mol. The Morgan fingerprint density at radius 1 is 1.67 bits per heavy atom. The molecular formula is C11H15N. The first-order valence-electron chi connectivity index (χ1n) is 3.95. The highest BCUT2D eigenvalue weighted by Crippen LogP contribution is 1.92. The molecule has 0 spiro atoms. The monoisotopic (exact) mass is 161 g/mol. The average Bonchev–Trinajstić information content (AvgIpc) is 2.04. The van der Waals surface area contributed by atoms with Crippen molar-refractivity contribution in [1.82, 2.24) is 5.32 Å². The van der Waals surface area contributed by atoms with Crippen LogP contribution in [0.4, 0.5) is 0 Å². The van der Waals surface area contributed by atoms with Crippen molar-refractivity contribution in [1.29, 1.82) is 0 Å². The maximum absolute atomic E-state index is 5.11. The van der Waals surface area contributed by atoms with Gasteiger partial charge in [-0.25, -0.2) is 0 Å². The summed E-state index contributed by atoms with van der Waals surface area (Å²) in [6.07, 6.45) is 10.8. The Balaban J connectivity index is 3.96. The van der Waals surface area contributed by atoms with Crippen molar-refractivity contribution in [2.75, 3.05) is 6.54 Å². The van der Waals surface area contributed by atoms with E-state index in [1.807, 2.05) is 19.1 Å². The largest absolute Gasteiger partial charge is 0.389 e. The molecule has 0 amide bonds. The fraction of sp³-hybridized carbons (Fsp3) is 0.273. The topological polar surface area (TPSA) is 12.0 Å². The molecule has 0 aromatic rings. The van der Waals surface area contributed by atoms with Crippen LogP contribution >= 0.6 is 0 Å². The van der Waals surface area contributed by atoms with Crippen LogP contribution in [0.2, 0.25) is 0 Å². The molecule has 0 fully saturated rings. The van der Waals surface area contributed by atoms with Crippen LogP contribution in [-0.2, 0) is 0 Å². The molecule has 0 rings (SSSR count). The summed E-state index contributed by atoms with van der Waals surface area (Å²) in [5.41, 5.74) is 1.81. The summed E-state index contributed by atoms with van der Waals surface area (Å²) < 4.78 is 0. The molecule has 0 aromatic carbocycles. The smallest absolute Gasteiger partial charge is 0.0170 e. The van der Waals surface area contributed by atoms with Crippen molar-refractivity contribution in [3.63, 3.8) is 0 Å². The lowest BCUT2D eigenvalue weighted by molar-refractivity contribution is 0.854. The van der Waals surface area contributed by atoms with E-state index < -0.39 is 0 Å². The molecule has 0 saturated heterocycles. The van der Waals surface area contributed by atoms with Crippen molar-refractivity contribution in [2.45, 2.75) is 13.8 Å². The Morgan fingerprint density at radius 2 is 2.33 bits per heavy atom. The maximum atomic E-state index is 5.11. The van der Waals surface area contributed by atoms with Crippen molar-refractivity contribution >= 4 is 0 Å². The minimum absolute atomic E-state index is 0.690. The van der Waals surface area contributed by atoms with Crippen LogP contribution in [0.25, 0.3) is 0 Å². The molecule has 0 aliphatic carbocycles. The van der Waals surface area contributed by atoms with Gasteiger partial charge in [0, 0.05) is 17.8 Å². The van der Waals surface area contributed by atoms with Gasteiger partial charge in [0.1, 0.15) is 0 Å². The van der Waals surface area contributed by atoms with Crippen molar-refractivity contribution in [3.05, 3.63) is 36.1 Å². The Morgan fingerprint density at radius 3 is 2.83 bits per heavy atom. The van der Waals surface area contributed by atoms with Gasteiger partial charge in [0.2, 0.25) is 0 Å². The van der Waals surface area contributed by atoms with Crippen molar-refractivity contribution in [2.24, 2.45) is 0 Å². The van der Waals surface area contributed by atoms with E-state index >= 15 is 0 Å². The van der Waals surface area contributed by atoms with Gasteiger partial charge >= 0.3 is 0 Å². The number of hydrogen-bond donors (Lipinski definition) is 1. The second-order valence-corrected chi connectivity index (χ2v) is 2.41. The summed E-state index contributed by atoms with van der Waals surface area (Å²) in [7, 11) is 0. The molecule has 0 radical (unpaired) electrons. The lowest BCUT2D eigenvalue weighted by atomic mass is 10.3. The van der Waals surface area contributed by atoms with Gasteiger partial charge in [-0.05, 0) is 26.0 Å².